The van der Waals surface area contributed by atoms with Crippen molar-refractivity contribution in [2.45, 2.75) is 149 Å². The van der Waals surface area contributed by atoms with Gasteiger partial charge in [-0.3, -0.25) is 4.79 Å². The van der Waals surface area contributed by atoms with Crippen molar-refractivity contribution in [2.24, 2.45) is 0 Å². The highest BCUT2D eigenvalue weighted by molar-refractivity contribution is 5.69. The minimum atomic E-state index is -0.0862. The molecule has 0 bridgehead atoms. The number of ether oxygens (including phenoxy) is 3. The largest absolute Gasteiger partial charge is 0.466 e. The van der Waals surface area contributed by atoms with Gasteiger partial charge in [0, 0.05) is 19.6 Å². The molecular formula is C29H58O4. The molecule has 0 aliphatic carbocycles. The Balaban J connectivity index is 3.14. The molecule has 0 heterocycles. The van der Waals surface area contributed by atoms with Gasteiger partial charge in [-0.05, 0) is 19.3 Å². The Hall–Kier alpha value is -0.610. The zero-order chi connectivity index (χ0) is 24.1. The zero-order valence-electron chi connectivity index (χ0n) is 22.5. The molecule has 0 aliphatic heterocycles. The van der Waals surface area contributed by atoms with E-state index >= 15 is 0 Å². The number of unbranched alkanes of at least 4 members (excludes halogenated alkanes) is 17. The van der Waals surface area contributed by atoms with Crippen molar-refractivity contribution in [3.05, 3.63) is 0 Å². The molecule has 198 valence electrons. The minimum Gasteiger partial charge on any atom is -0.466 e. The van der Waals surface area contributed by atoms with Crippen molar-refractivity contribution < 1.29 is 19.0 Å². The van der Waals surface area contributed by atoms with Crippen LogP contribution in [0.2, 0.25) is 0 Å². The molecule has 0 aromatic rings. The summed E-state index contributed by atoms with van der Waals surface area (Å²) < 4.78 is 16.5. The van der Waals surface area contributed by atoms with Crippen LogP contribution in [0.5, 0.6) is 0 Å². The van der Waals surface area contributed by atoms with E-state index in [4.69, 9.17) is 14.2 Å². The summed E-state index contributed by atoms with van der Waals surface area (Å²) in [6.07, 6.45) is 26.2. The van der Waals surface area contributed by atoms with E-state index in [2.05, 4.69) is 13.8 Å². The number of rotatable bonds is 28. The van der Waals surface area contributed by atoms with Crippen LogP contribution in [0.15, 0.2) is 0 Å². The lowest BCUT2D eigenvalue weighted by Crippen LogP contribution is -2.09. The molecule has 0 aromatic carbocycles. The molecule has 0 saturated heterocycles. The van der Waals surface area contributed by atoms with E-state index in [0.29, 0.717) is 32.8 Å². The molecule has 0 fully saturated rings. The van der Waals surface area contributed by atoms with E-state index in [1.165, 1.54) is 109 Å². The van der Waals surface area contributed by atoms with Crippen LogP contribution in [-0.4, -0.2) is 39.0 Å². The highest BCUT2D eigenvalue weighted by atomic mass is 16.5. The second-order valence-electron chi connectivity index (χ2n) is 9.56. The van der Waals surface area contributed by atoms with Gasteiger partial charge < -0.3 is 14.2 Å². The lowest BCUT2D eigenvalue weighted by atomic mass is 10.1. The predicted octanol–water partition coefficient (Wildman–Crippen LogP) is 8.79. The maximum Gasteiger partial charge on any atom is 0.305 e. The summed E-state index contributed by atoms with van der Waals surface area (Å²) in [7, 11) is 0. The second-order valence-corrected chi connectivity index (χ2v) is 9.56. The van der Waals surface area contributed by atoms with E-state index in [-0.39, 0.29) is 5.97 Å². The van der Waals surface area contributed by atoms with Crippen molar-refractivity contribution in [3.63, 3.8) is 0 Å². The number of hydrogen-bond donors (Lipinski definition) is 0. The first-order chi connectivity index (χ1) is 16.3. The number of hydrogen-bond acceptors (Lipinski definition) is 4. The third-order valence-electron chi connectivity index (χ3n) is 6.19. The Bertz CT molecular complexity index is 373. The summed E-state index contributed by atoms with van der Waals surface area (Å²) in [6, 6.07) is 0. The van der Waals surface area contributed by atoms with Gasteiger partial charge in [0.2, 0.25) is 0 Å². The molecule has 4 heteroatoms. The van der Waals surface area contributed by atoms with Crippen molar-refractivity contribution in [2.75, 3.05) is 33.0 Å². The molecule has 0 radical (unpaired) electrons. The third-order valence-corrected chi connectivity index (χ3v) is 6.19. The molecule has 0 saturated carbocycles. The molecule has 0 amide bonds. The lowest BCUT2D eigenvalue weighted by Gasteiger charge is -2.07. The van der Waals surface area contributed by atoms with Crippen LogP contribution >= 0.6 is 0 Å². The van der Waals surface area contributed by atoms with Gasteiger partial charge in [-0.1, -0.05) is 123 Å². The Kier molecular flexibility index (Phi) is 28.9. The van der Waals surface area contributed by atoms with Crippen molar-refractivity contribution in [3.8, 4) is 0 Å². The van der Waals surface area contributed by atoms with Crippen LogP contribution < -0.4 is 0 Å². The Morgan fingerprint density at radius 3 is 1.24 bits per heavy atom. The Labute approximate surface area is 206 Å². The van der Waals surface area contributed by atoms with Crippen LogP contribution in [-0.2, 0) is 19.0 Å². The average Bonchev–Trinajstić information content (AvgIpc) is 2.82. The molecular weight excluding hydrogens is 412 g/mol. The van der Waals surface area contributed by atoms with Crippen LogP contribution in [0.1, 0.15) is 149 Å². The average molecular weight is 471 g/mol. The van der Waals surface area contributed by atoms with Gasteiger partial charge in [-0.2, -0.15) is 0 Å². The summed E-state index contributed by atoms with van der Waals surface area (Å²) >= 11 is 0. The molecule has 0 rings (SSSR count). The fourth-order valence-corrected chi connectivity index (χ4v) is 4.00. The summed E-state index contributed by atoms with van der Waals surface area (Å²) in [4.78, 5) is 11.8. The van der Waals surface area contributed by atoms with Crippen molar-refractivity contribution in [1.82, 2.24) is 0 Å². The van der Waals surface area contributed by atoms with Gasteiger partial charge in [0.25, 0.3) is 0 Å². The van der Waals surface area contributed by atoms with Gasteiger partial charge in [-0.25, -0.2) is 0 Å². The Morgan fingerprint density at radius 2 is 0.788 bits per heavy atom. The third kappa shape index (κ3) is 29.4. The number of carbonyl (C=O) groups excluding carboxylic acids is 1. The van der Waals surface area contributed by atoms with Crippen LogP contribution in [0.3, 0.4) is 0 Å². The second kappa shape index (κ2) is 29.4. The normalized spacial score (nSPS) is 11.2. The number of esters is 1. The molecule has 0 unspecified atom stereocenters. The molecule has 0 aliphatic rings. The summed E-state index contributed by atoms with van der Waals surface area (Å²) in [5.74, 6) is -0.0862. The summed E-state index contributed by atoms with van der Waals surface area (Å²) in [5, 5.41) is 0. The smallest absolute Gasteiger partial charge is 0.305 e. The lowest BCUT2D eigenvalue weighted by molar-refractivity contribution is -0.144. The van der Waals surface area contributed by atoms with E-state index < -0.39 is 0 Å². The van der Waals surface area contributed by atoms with Gasteiger partial charge in [-0.15, -0.1) is 0 Å². The van der Waals surface area contributed by atoms with E-state index in [1.807, 2.05) is 0 Å². The van der Waals surface area contributed by atoms with Crippen LogP contribution in [0.25, 0.3) is 0 Å². The van der Waals surface area contributed by atoms with Crippen molar-refractivity contribution in [1.29, 1.82) is 0 Å². The first-order valence-corrected chi connectivity index (χ1v) is 14.6. The first kappa shape index (κ1) is 32.4. The monoisotopic (exact) mass is 470 g/mol. The van der Waals surface area contributed by atoms with E-state index in [9.17, 15) is 4.79 Å². The summed E-state index contributed by atoms with van der Waals surface area (Å²) in [6.45, 7) is 7.81. The fraction of sp³-hybridized carbons (Fsp3) is 0.966. The first-order valence-electron chi connectivity index (χ1n) is 14.6. The van der Waals surface area contributed by atoms with Gasteiger partial charge in [0.05, 0.1) is 19.8 Å². The van der Waals surface area contributed by atoms with E-state index in [0.717, 1.165) is 25.9 Å². The fourth-order valence-electron chi connectivity index (χ4n) is 4.00. The molecule has 0 aromatic heterocycles. The Morgan fingerprint density at radius 1 is 0.424 bits per heavy atom. The molecule has 0 atom stereocenters. The number of carbonyl (C=O) groups is 1. The molecule has 0 spiro atoms. The highest BCUT2D eigenvalue weighted by Gasteiger charge is 2.02. The van der Waals surface area contributed by atoms with Gasteiger partial charge in [0.15, 0.2) is 0 Å². The predicted molar refractivity (Wildman–Crippen MR) is 141 cm³/mol. The quantitative estimate of drug-likeness (QED) is 0.0846. The van der Waals surface area contributed by atoms with Gasteiger partial charge in [0.1, 0.15) is 0 Å². The highest BCUT2D eigenvalue weighted by Crippen LogP contribution is 2.12. The van der Waals surface area contributed by atoms with E-state index in [1.54, 1.807) is 0 Å². The van der Waals surface area contributed by atoms with Gasteiger partial charge >= 0.3 is 5.97 Å². The minimum absolute atomic E-state index is 0.0862. The van der Waals surface area contributed by atoms with Crippen molar-refractivity contribution >= 4 is 5.97 Å². The summed E-state index contributed by atoms with van der Waals surface area (Å²) in [5.41, 5.74) is 0. The maximum absolute atomic E-state index is 11.8. The zero-order valence-corrected chi connectivity index (χ0v) is 22.5. The maximum atomic E-state index is 11.8. The molecule has 0 N–H and O–H groups in total. The molecule has 4 nitrogen and oxygen atoms in total. The molecule has 33 heavy (non-hydrogen) atoms. The van der Waals surface area contributed by atoms with Crippen LogP contribution in [0, 0.1) is 0 Å². The topological polar surface area (TPSA) is 44.8 Å². The standard InChI is InChI=1S/C29H58O4/c1-3-5-7-9-11-12-13-14-15-17-19-21-26-33-29(30)23-22-25-32-28-27-31-24-20-18-16-10-8-6-4-2/h3-28H2,1-2H3. The SMILES string of the molecule is CCCCCCCCCCCCCCOC(=O)CCCOCCOCCCCCCCCC. The van der Waals surface area contributed by atoms with Crippen LogP contribution in [0.4, 0.5) is 0 Å².